The first-order valence-electron chi connectivity index (χ1n) is 11.5. The fourth-order valence-electron chi connectivity index (χ4n) is 3.75. The van der Waals surface area contributed by atoms with E-state index in [1.54, 1.807) is 10.9 Å². The van der Waals surface area contributed by atoms with Crippen LogP contribution in [0, 0.1) is 0 Å². The number of carbonyl (C=O) groups is 1. The summed E-state index contributed by atoms with van der Waals surface area (Å²) in [7, 11) is 0. The monoisotopic (exact) mass is 458 g/mol. The van der Waals surface area contributed by atoms with E-state index in [2.05, 4.69) is 20.6 Å². The van der Waals surface area contributed by atoms with Crippen LogP contribution >= 0.6 is 0 Å². The molecule has 1 amide bonds. The van der Waals surface area contributed by atoms with Crippen LogP contribution < -0.4 is 14.8 Å². The third kappa shape index (κ3) is 5.31. The van der Waals surface area contributed by atoms with E-state index in [0.29, 0.717) is 56.0 Å². The van der Waals surface area contributed by atoms with Crippen LogP contribution in [0.3, 0.4) is 0 Å². The Kier molecular flexibility index (Phi) is 6.60. The van der Waals surface area contributed by atoms with Gasteiger partial charge in [-0.05, 0) is 61.2 Å². The molecule has 2 aromatic carbocycles. The zero-order valence-corrected chi connectivity index (χ0v) is 18.8. The normalized spacial score (nSPS) is 15.5. The second-order valence-corrected chi connectivity index (χ2v) is 8.17. The van der Waals surface area contributed by atoms with Crippen molar-refractivity contribution in [1.82, 2.24) is 30.3 Å². The zero-order chi connectivity index (χ0) is 23.2. The summed E-state index contributed by atoms with van der Waals surface area (Å²) in [5, 5.41) is 11.4. The van der Waals surface area contributed by atoms with Crippen molar-refractivity contribution < 1.29 is 14.3 Å². The summed E-state index contributed by atoms with van der Waals surface area (Å²) >= 11 is 0. The topological polar surface area (TPSA) is 104 Å². The lowest BCUT2D eigenvalue weighted by Crippen LogP contribution is -2.24. The molecule has 3 aliphatic heterocycles. The molecule has 1 N–H and O–H groups in total. The number of aromatic nitrogens is 5. The first-order chi connectivity index (χ1) is 16.7. The third-order valence-corrected chi connectivity index (χ3v) is 5.59. The van der Waals surface area contributed by atoms with Gasteiger partial charge in [0.05, 0.1) is 25.1 Å². The SMILES string of the molecule is O=C1CCCOc2ccc(cc2)-n2nnc3cnc(nc32)Cc2ccc(cc2)OCCCCN1. The fourth-order valence-corrected chi connectivity index (χ4v) is 3.75. The van der Waals surface area contributed by atoms with E-state index in [4.69, 9.17) is 14.5 Å². The Morgan fingerprint density at radius 1 is 0.882 bits per heavy atom. The van der Waals surface area contributed by atoms with Gasteiger partial charge in [-0.25, -0.2) is 9.97 Å². The number of nitrogens with zero attached hydrogens (tertiary/aromatic N) is 5. The Labute approximate surface area is 197 Å². The lowest BCUT2D eigenvalue weighted by Gasteiger charge is -2.09. The number of hydrogen-bond acceptors (Lipinski definition) is 7. The molecule has 4 aromatic rings. The van der Waals surface area contributed by atoms with Crippen molar-refractivity contribution in [3.8, 4) is 17.2 Å². The highest BCUT2D eigenvalue weighted by Crippen LogP contribution is 2.20. The molecule has 174 valence electrons. The fraction of sp³-hybridized carbons (Fsp3) is 0.320. The second-order valence-electron chi connectivity index (χ2n) is 8.17. The second kappa shape index (κ2) is 10.3. The Morgan fingerprint density at radius 3 is 2.41 bits per heavy atom. The number of rotatable bonds is 0. The Bertz CT molecular complexity index is 1250. The van der Waals surface area contributed by atoms with Crippen LogP contribution in [0.2, 0.25) is 0 Å². The van der Waals surface area contributed by atoms with Crippen molar-refractivity contribution in [2.75, 3.05) is 19.8 Å². The molecule has 2 aromatic heterocycles. The van der Waals surface area contributed by atoms with E-state index in [1.807, 2.05) is 48.5 Å². The van der Waals surface area contributed by atoms with E-state index in [-0.39, 0.29) is 5.91 Å². The van der Waals surface area contributed by atoms with Gasteiger partial charge in [0, 0.05) is 19.4 Å². The Balaban J connectivity index is 1.39. The van der Waals surface area contributed by atoms with Gasteiger partial charge in [0.25, 0.3) is 0 Å². The van der Waals surface area contributed by atoms with Gasteiger partial charge in [0.1, 0.15) is 17.3 Å². The van der Waals surface area contributed by atoms with Crippen molar-refractivity contribution >= 4 is 17.1 Å². The molecule has 0 saturated carbocycles. The lowest BCUT2D eigenvalue weighted by molar-refractivity contribution is -0.121. The molecule has 6 bridgehead atoms. The maximum atomic E-state index is 12.0. The van der Waals surface area contributed by atoms with Crippen LogP contribution in [0.4, 0.5) is 0 Å². The smallest absolute Gasteiger partial charge is 0.220 e. The molecule has 0 aliphatic carbocycles. The van der Waals surface area contributed by atoms with Crippen molar-refractivity contribution in [2.45, 2.75) is 32.1 Å². The van der Waals surface area contributed by atoms with E-state index in [1.165, 1.54) is 0 Å². The molecular weight excluding hydrogens is 432 g/mol. The first kappa shape index (κ1) is 21.8. The number of nitrogens with one attached hydrogen (secondary N) is 1. The number of ether oxygens (including phenoxy) is 2. The van der Waals surface area contributed by atoms with E-state index in [9.17, 15) is 4.79 Å². The molecule has 0 spiro atoms. The quantitative estimate of drug-likeness (QED) is 0.431. The minimum Gasteiger partial charge on any atom is -0.494 e. The van der Waals surface area contributed by atoms with Gasteiger partial charge in [0.2, 0.25) is 5.91 Å². The predicted octanol–water partition coefficient (Wildman–Crippen LogP) is 3.25. The highest BCUT2D eigenvalue weighted by Gasteiger charge is 2.11. The van der Waals surface area contributed by atoms with Crippen LogP contribution in [-0.2, 0) is 11.2 Å². The van der Waals surface area contributed by atoms with Crippen LogP contribution in [0.25, 0.3) is 16.9 Å². The minimum atomic E-state index is 0.0457. The number of amides is 1. The molecule has 9 nitrogen and oxygen atoms in total. The molecule has 34 heavy (non-hydrogen) atoms. The number of hydrogen-bond donors (Lipinski definition) is 1. The average Bonchev–Trinajstić information content (AvgIpc) is 3.28. The number of fused-ring (bicyclic) bond motifs is 2. The standard InChI is InChI=1S/C25H26N6O3/c32-24-4-3-15-34-21-11-7-19(8-12-21)31-25-22(29-30-31)17-27-23(28-25)16-18-5-9-20(10-6-18)33-14-2-1-13-26-24/h5-12,17H,1-4,13-16H2,(H,26,32). The average molecular weight is 459 g/mol. The van der Waals surface area contributed by atoms with Crippen LogP contribution in [0.15, 0.2) is 54.7 Å². The molecule has 0 saturated heterocycles. The van der Waals surface area contributed by atoms with E-state index in [0.717, 1.165) is 35.6 Å². The molecule has 0 fully saturated rings. The summed E-state index contributed by atoms with van der Waals surface area (Å²) in [6.45, 7) is 1.73. The van der Waals surface area contributed by atoms with Gasteiger partial charge in [-0.15, -0.1) is 5.10 Å². The summed E-state index contributed by atoms with van der Waals surface area (Å²) < 4.78 is 13.3. The van der Waals surface area contributed by atoms with Gasteiger partial charge in [-0.1, -0.05) is 17.3 Å². The van der Waals surface area contributed by atoms with Crippen molar-refractivity contribution in [3.63, 3.8) is 0 Å². The van der Waals surface area contributed by atoms with E-state index >= 15 is 0 Å². The largest absolute Gasteiger partial charge is 0.494 e. The molecule has 7 rings (SSSR count). The van der Waals surface area contributed by atoms with E-state index < -0.39 is 0 Å². The lowest BCUT2D eigenvalue weighted by atomic mass is 10.1. The van der Waals surface area contributed by atoms with Gasteiger partial charge in [-0.2, -0.15) is 4.68 Å². The Morgan fingerprint density at radius 2 is 1.62 bits per heavy atom. The number of carbonyl (C=O) groups excluding carboxylic acids is 1. The zero-order valence-electron chi connectivity index (χ0n) is 18.8. The van der Waals surface area contributed by atoms with Gasteiger partial charge in [-0.3, -0.25) is 4.79 Å². The van der Waals surface area contributed by atoms with Crippen molar-refractivity contribution in [1.29, 1.82) is 0 Å². The minimum absolute atomic E-state index is 0.0457. The van der Waals surface area contributed by atoms with Gasteiger partial charge >= 0.3 is 0 Å². The maximum Gasteiger partial charge on any atom is 0.220 e. The molecule has 5 heterocycles. The molecule has 9 heteroatoms. The highest BCUT2D eigenvalue weighted by molar-refractivity contribution is 5.75. The predicted molar refractivity (Wildman–Crippen MR) is 126 cm³/mol. The van der Waals surface area contributed by atoms with Crippen molar-refractivity contribution in [3.05, 3.63) is 66.1 Å². The maximum absolute atomic E-state index is 12.0. The van der Waals surface area contributed by atoms with Gasteiger partial charge in [0.15, 0.2) is 11.2 Å². The third-order valence-electron chi connectivity index (χ3n) is 5.59. The molecule has 3 aliphatic rings. The highest BCUT2D eigenvalue weighted by atomic mass is 16.5. The molecular formula is C25H26N6O3. The number of benzene rings is 2. The van der Waals surface area contributed by atoms with Crippen LogP contribution in [-0.4, -0.2) is 50.6 Å². The van der Waals surface area contributed by atoms with Crippen LogP contribution in [0.1, 0.15) is 37.1 Å². The van der Waals surface area contributed by atoms with Gasteiger partial charge < -0.3 is 14.8 Å². The molecule has 0 unspecified atom stereocenters. The summed E-state index contributed by atoms with van der Waals surface area (Å²) in [6.07, 6.45) is 5.13. The van der Waals surface area contributed by atoms with Crippen LogP contribution in [0.5, 0.6) is 11.5 Å². The first-order valence-corrected chi connectivity index (χ1v) is 11.5. The summed E-state index contributed by atoms with van der Waals surface area (Å²) in [5.41, 5.74) is 3.20. The molecule has 0 radical (unpaired) electrons. The van der Waals surface area contributed by atoms with Crippen molar-refractivity contribution in [2.24, 2.45) is 0 Å². The summed E-state index contributed by atoms with van der Waals surface area (Å²) in [6, 6.07) is 15.6. The Hall–Kier alpha value is -4.01. The summed E-state index contributed by atoms with van der Waals surface area (Å²) in [5.74, 6) is 2.30. The summed E-state index contributed by atoms with van der Waals surface area (Å²) in [4.78, 5) is 21.2. The molecule has 0 atom stereocenters.